The summed E-state index contributed by atoms with van der Waals surface area (Å²) in [5.41, 5.74) is 3.62. The van der Waals surface area contributed by atoms with Crippen molar-refractivity contribution in [1.29, 1.82) is 5.26 Å². The first kappa shape index (κ1) is 13.4. The average molecular weight is 257 g/mol. The Kier molecular flexibility index (Phi) is 3.75. The Balaban J connectivity index is 2.24. The van der Waals surface area contributed by atoms with Crippen LogP contribution in [0, 0.1) is 25.2 Å². The molecule has 0 radical (unpaired) electrons. The number of carbonyl (C=O) groups is 1. The van der Waals surface area contributed by atoms with E-state index < -0.39 is 0 Å². The van der Waals surface area contributed by atoms with Crippen LogP contribution in [-0.4, -0.2) is 36.0 Å². The van der Waals surface area contributed by atoms with E-state index in [0.29, 0.717) is 19.5 Å². The van der Waals surface area contributed by atoms with Crippen LogP contribution in [0.15, 0.2) is 18.2 Å². The highest BCUT2D eigenvalue weighted by Gasteiger charge is 2.35. The van der Waals surface area contributed by atoms with Gasteiger partial charge in [-0.05, 0) is 25.0 Å². The second-order valence-corrected chi connectivity index (χ2v) is 5.12. The van der Waals surface area contributed by atoms with E-state index in [1.54, 1.807) is 9.80 Å². The molecule has 1 aliphatic rings. The molecule has 1 saturated heterocycles. The topological polar surface area (TPSA) is 47.3 Å². The molecule has 1 aliphatic heterocycles. The number of likely N-dealkylation sites (N-methyl/N-ethyl adjacent to an activating group) is 1. The van der Waals surface area contributed by atoms with Gasteiger partial charge in [-0.25, -0.2) is 4.79 Å². The van der Waals surface area contributed by atoms with Gasteiger partial charge in [-0.15, -0.1) is 0 Å². The zero-order valence-corrected chi connectivity index (χ0v) is 11.7. The summed E-state index contributed by atoms with van der Waals surface area (Å²) in [5.74, 6) is 0. The average Bonchev–Trinajstić information content (AvgIpc) is 2.67. The Morgan fingerprint density at radius 1 is 1.42 bits per heavy atom. The minimum atomic E-state index is 0.0150. The van der Waals surface area contributed by atoms with Crippen LogP contribution in [-0.2, 0) is 0 Å². The fraction of sp³-hybridized carbons (Fsp3) is 0.467. The van der Waals surface area contributed by atoms with Gasteiger partial charge in [0.2, 0.25) is 0 Å². The van der Waals surface area contributed by atoms with Crippen molar-refractivity contribution in [3.05, 3.63) is 34.9 Å². The van der Waals surface area contributed by atoms with Gasteiger partial charge < -0.3 is 9.80 Å². The molecule has 1 heterocycles. The van der Waals surface area contributed by atoms with Crippen LogP contribution in [0.3, 0.4) is 0 Å². The zero-order valence-electron chi connectivity index (χ0n) is 11.7. The Morgan fingerprint density at radius 3 is 2.84 bits per heavy atom. The summed E-state index contributed by atoms with van der Waals surface area (Å²) >= 11 is 0. The molecule has 1 aromatic carbocycles. The summed E-state index contributed by atoms with van der Waals surface area (Å²) in [5, 5.41) is 8.64. The first-order valence-electron chi connectivity index (χ1n) is 6.50. The zero-order chi connectivity index (χ0) is 14.0. The summed E-state index contributed by atoms with van der Waals surface area (Å²) in [7, 11) is 1.83. The number of amides is 2. The fourth-order valence-corrected chi connectivity index (χ4v) is 2.56. The van der Waals surface area contributed by atoms with Crippen LogP contribution >= 0.6 is 0 Å². The van der Waals surface area contributed by atoms with Gasteiger partial charge in [0.25, 0.3) is 0 Å². The molecule has 4 nitrogen and oxygen atoms in total. The van der Waals surface area contributed by atoms with Gasteiger partial charge in [0.15, 0.2) is 0 Å². The van der Waals surface area contributed by atoms with Crippen LogP contribution in [0.4, 0.5) is 4.79 Å². The lowest BCUT2D eigenvalue weighted by Crippen LogP contribution is -2.30. The smallest absolute Gasteiger partial charge is 0.320 e. The van der Waals surface area contributed by atoms with Gasteiger partial charge in [-0.1, -0.05) is 23.8 Å². The molecule has 19 heavy (non-hydrogen) atoms. The van der Waals surface area contributed by atoms with E-state index in [9.17, 15) is 4.79 Å². The summed E-state index contributed by atoms with van der Waals surface area (Å²) in [6, 6.07) is 8.53. The van der Waals surface area contributed by atoms with Crippen LogP contribution < -0.4 is 0 Å². The molecule has 2 rings (SSSR count). The summed E-state index contributed by atoms with van der Waals surface area (Å²) < 4.78 is 0. The standard InChI is InChI=1S/C15H19N3O/c1-11-5-6-12(2)13(9-11)14-10-18(8-4-7-16)15(19)17(14)3/h5-6,9,14H,4,8,10H2,1-3H3. The number of rotatable bonds is 3. The van der Waals surface area contributed by atoms with Crippen LogP contribution in [0.25, 0.3) is 0 Å². The van der Waals surface area contributed by atoms with Crippen molar-refractivity contribution in [2.75, 3.05) is 20.1 Å². The number of nitriles is 1. The van der Waals surface area contributed by atoms with Crippen LogP contribution in [0.1, 0.15) is 29.2 Å². The SMILES string of the molecule is Cc1ccc(C)c(C2CN(CCC#N)C(=O)N2C)c1. The molecule has 1 aromatic rings. The van der Waals surface area contributed by atoms with Crippen molar-refractivity contribution in [1.82, 2.24) is 9.80 Å². The van der Waals surface area contributed by atoms with Crippen molar-refractivity contribution in [3.63, 3.8) is 0 Å². The van der Waals surface area contributed by atoms with Crippen molar-refractivity contribution in [3.8, 4) is 6.07 Å². The molecule has 100 valence electrons. The first-order chi connectivity index (χ1) is 9.04. The number of urea groups is 1. The lowest BCUT2D eigenvalue weighted by atomic mass is 9.99. The summed E-state index contributed by atoms with van der Waals surface area (Å²) in [4.78, 5) is 15.7. The minimum Gasteiger partial charge on any atom is -0.321 e. The predicted octanol–water partition coefficient (Wildman–Crippen LogP) is 2.63. The van der Waals surface area contributed by atoms with Crippen molar-refractivity contribution in [2.45, 2.75) is 26.3 Å². The molecule has 0 bridgehead atoms. The summed E-state index contributed by atoms with van der Waals surface area (Å²) in [6.45, 7) is 5.32. The molecule has 1 fully saturated rings. The van der Waals surface area contributed by atoms with E-state index in [1.807, 2.05) is 7.05 Å². The third kappa shape index (κ3) is 2.55. The fourth-order valence-electron chi connectivity index (χ4n) is 2.56. The van der Waals surface area contributed by atoms with Gasteiger partial charge in [-0.3, -0.25) is 0 Å². The lowest BCUT2D eigenvalue weighted by molar-refractivity contribution is 0.196. The molecule has 0 aliphatic carbocycles. The minimum absolute atomic E-state index is 0.0150. The van der Waals surface area contributed by atoms with E-state index in [2.05, 4.69) is 38.1 Å². The second-order valence-electron chi connectivity index (χ2n) is 5.12. The molecule has 1 unspecified atom stereocenters. The Bertz CT molecular complexity index is 533. The highest BCUT2D eigenvalue weighted by atomic mass is 16.2. The summed E-state index contributed by atoms with van der Waals surface area (Å²) in [6.07, 6.45) is 0.388. The molecular weight excluding hydrogens is 238 g/mol. The van der Waals surface area contributed by atoms with Crippen LogP contribution in [0.2, 0.25) is 0 Å². The molecular formula is C15H19N3O. The van der Waals surface area contributed by atoms with E-state index in [4.69, 9.17) is 5.26 Å². The maximum atomic E-state index is 12.1. The third-order valence-corrected chi connectivity index (χ3v) is 3.72. The Morgan fingerprint density at radius 2 is 2.16 bits per heavy atom. The van der Waals surface area contributed by atoms with E-state index in [-0.39, 0.29) is 12.1 Å². The van der Waals surface area contributed by atoms with Gasteiger partial charge in [0.1, 0.15) is 0 Å². The molecule has 2 amide bonds. The number of aryl methyl sites for hydroxylation is 2. The van der Waals surface area contributed by atoms with Crippen LogP contribution in [0.5, 0.6) is 0 Å². The van der Waals surface area contributed by atoms with Gasteiger partial charge in [0, 0.05) is 20.1 Å². The largest absolute Gasteiger partial charge is 0.321 e. The number of carbonyl (C=O) groups excluding carboxylic acids is 1. The van der Waals surface area contributed by atoms with Gasteiger partial charge in [-0.2, -0.15) is 5.26 Å². The molecule has 0 aromatic heterocycles. The number of hydrogen-bond acceptors (Lipinski definition) is 2. The molecule has 1 atom stereocenters. The molecule has 0 saturated carbocycles. The second kappa shape index (κ2) is 5.31. The van der Waals surface area contributed by atoms with Crippen molar-refractivity contribution >= 4 is 6.03 Å². The normalized spacial score (nSPS) is 18.8. The van der Waals surface area contributed by atoms with Gasteiger partial charge in [0.05, 0.1) is 18.5 Å². The quantitative estimate of drug-likeness (QED) is 0.835. The predicted molar refractivity (Wildman–Crippen MR) is 73.6 cm³/mol. The van der Waals surface area contributed by atoms with E-state index in [0.717, 1.165) is 0 Å². The van der Waals surface area contributed by atoms with Crippen molar-refractivity contribution in [2.24, 2.45) is 0 Å². The first-order valence-corrected chi connectivity index (χ1v) is 6.50. The maximum Gasteiger partial charge on any atom is 0.320 e. The number of benzene rings is 1. The lowest BCUT2D eigenvalue weighted by Gasteiger charge is -2.20. The number of nitrogens with zero attached hydrogens (tertiary/aromatic N) is 3. The third-order valence-electron chi connectivity index (χ3n) is 3.72. The maximum absolute atomic E-state index is 12.1. The molecule has 4 heteroatoms. The van der Waals surface area contributed by atoms with Crippen molar-refractivity contribution < 1.29 is 4.79 Å². The highest BCUT2D eigenvalue weighted by Crippen LogP contribution is 2.30. The molecule has 0 N–H and O–H groups in total. The molecule has 0 spiro atoms. The van der Waals surface area contributed by atoms with E-state index >= 15 is 0 Å². The monoisotopic (exact) mass is 257 g/mol. The Hall–Kier alpha value is -2.02. The highest BCUT2D eigenvalue weighted by molar-refractivity contribution is 5.77. The van der Waals surface area contributed by atoms with Gasteiger partial charge >= 0.3 is 6.03 Å². The number of hydrogen-bond donors (Lipinski definition) is 0. The van der Waals surface area contributed by atoms with E-state index in [1.165, 1.54) is 16.7 Å². The Labute approximate surface area is 114 Å².